The van der Waals surface area contributed by atoms with Crippen LogP contribution < -0.4 is 5.46 Å². The van der Waals surface area contributed by atoms with E-state index >= 15 is 0 Å². The summed E-state index contributed by atoms with van der Waals surface area (Å²) in [5.41, 5.74) is -0.0544. The lowest BCUT2D eigenvalue weighted by Crippen LogP contribution is -2.31. The molecular weight excluding hydrogens is 211 g/mol. The first-order valence-corrected chi connectivity index (χ1v) is 4.86. The summed E-state index contributed by atoms with van der Waals surface area (Å²) >= 11 is 0. The second-order valence-corrected chi connectivity index (χ2v) is 4.47. The molecule has 0 saturated heterocycles. The smallest absolute Gasteiger partial charge is 0.442 e. The van der Waals surface area contributed by atoms with Crippen molar-refractivity contribution in [1.29, 1.82) is 0 Å². The van der Waals surface area contributed by atoms with E-state index in [1.54, 1.807) is 27.7 Å². The summed E-state index contributed by atoms with van der Waals surface area (Å²) in [5.74, 6) is 0. The Bertz CT molecular complexity index is 395. The highest BCUT2D eigenvalue weighted by molar-refractivity contribution is 6.59. The SMILES string of the molecule is Cc1nn(C(=O)OC(C)(C)C)cc1B(O)O. The van der Waals surface area contributed by atoms with Gasteiger partial charge in [0, 0.05) is 11.7 Å². The summed E-state index contributed by atoms with van der Waals surface area (Å²) in [6.07, 6.45) is 0.594. The van der Waals surface area contributed by atoms with Crippen LogP contribution in [0.15, 0.2) is 6.20 Å². The first kappa shape index (κ1) is 12.7. The van der Waals surface area contributed by atoms with Crippen molar-refractivity contribution in [2.24, 2.45) is 0 Å². The molecule has 2 N–H and O–H groups in total. The maximum atomic E-state index is 11.6. The van der Waals surface area contributed by atoms with Crippen molar-refractivity contribution < 1.29 is 19.6 Å². The molecule has 0 aliphatic rings. The molecule has 7 heteroatoms. The predicted octanol–water partition coefficient (Wildman–Crippen LogP) is -0.345. The van der Waals surface area contributed by atoms with Gasteiger partial charge in [-0.1, -0.05) is 0 Å². The molecule has 1 heterocycles. The summed E-state index contributed by atoms with van der Waals surface area (Å²) < 4.78 is 6.02. The number of aryl methyl sites for hydroxylation is 1. The van der Waals surface area contributed by atoms with Crippen molar-refractivity contribution in [3.8, 4) is 0 Å². The molecule has 0 saturated carbocycles. The van der Waals surface area contributed by atoms with Gasteiger partial charge in [-0.15, -0.1) is 0 Å². The van der Waals surface area contributed by atoms with Crippen LogP contribution in [0.4, 0.5) is 4.79 Å². The van der Waals surface area contributed by atoms with Crippen LogP contribution in [0.1, 0.15) is 26.5 Å². The zero-order valence-electron chi connectivity index (χ0n) is 9.76. The summed E-state index contributed by atoms with van der Waals surface area (Å²) in [6, 6.07) is 0. The normalized spacial score (nSPS) is 11.4. The Morgan fingerprint density at radius 3 is 2.44 bits per heavy atom. The summed E-state index contributed by atoms with van der Waals surface area (Å²) in [7, 11) is -1.64. The maximum Gasteiger partial charge on any atom is 0.491 e. The minimum absolute atomic E-state index is 0.186. The summed E-state index contributed by atoms with van der Waals surface area (Å²) in [4.78, 5) is 11.6. The van der Waals surface area contributed by atoms with Gasteiger partial charge in [-0.25, -0.2) is 4.79 Å². The highest BCUT2D eigenvalue weighted by Gasteiger charge is 2.23. The molecule has 0 radical (unpaired) electrons. The minimum Gasteiger partial charge on any atom is -0.442 e. The fraction of sp³-hybridized carbons (Fsp3) is 0.556. The van der Waals surface area contributed by atoms with Gasteiger partial charge in [-0.3, -0.25) is 0 Å². The van der Waals surface area contributed by atoms with Gasteiger partial charge in [0.1, 0.15) is 5.60 Å². The van der Waals surface area contributed by atoms with Crippen molar-refractivity contribution >= 4 is 18.7 Å². The van der Waals surface area contributed by atoms with Crippen molar-refractivity contribution in [3.63, 3.8) is 0 Å². The Morgan fingerprint density at radius 2 is 2.06 bits per heavy atom. The molecule has 1 aromatic rings. The predicted molar refractivity (Wildman–Crippen MR) is 58.4 cm³/mol. The van der Waals surface area contributed by atoms with E-state index in [4.69, 9.17) is 14.8 Å². The summed E-state index contributed by atoms with van der Waals surface area (Å²) in [6.45, 7) is 6.80. The van der Waals surface area contributed by atoms with Crippen molar-refractivity contribution in [2.75, 3.05) is 0 Å². The molecule has 1 aromatic heterocycles. The number of hydrogen-bond donors (Lipinski definition) is 2. The van der Waals surface area contributed by atoms with E-state index in [1.807, 2.05) is 0 Å². The largest absolute Gasteiger partial charge is 0.491 e. The molecule has 88 valence electrons. The van der Waals surface area contributed by atoms with Gasteiger partial charge in [0.25, 0.3) is 0 Å². The van der Waals surface area contributed by atoms with E-state index < -0.39 is 18.8 Å². The number of nitrogens with zero attached hydrogens (tertiary/aromatic N) is 2. The van der Waals surface area contributed by atoms with Crippen molar-refractivity contribution in [2.45, 2.75) is 33.3 Å². The highest BCUT2D eigenvalue weighted by atomic mass is 16.6. The highest BCUT2D eigenvalue weighted by Crippen LogP contribution is 2.08. The lowest BCUT2D eigenvalue weighted by atomic mass is 9.81. The Balaban J connectivity index is 2.90. The molecule has 0 aliphatic carbocycles. The molecular formula is C9H15BN2O4. The van der Waals surface area contributed by atoms with Crippen LogP contribution in [-0.4, -0.2) is 38.6 Å². The number of hydrogen-bond acceptors (Lipinski definition) is 5. The van der Waals surface area contributed by atoms with Gasteiger partial charge >= 0.3 is 13.2 Å². The summed E-state index contributed by atoms with van der Waals surface area (Å²) in [5, 5.41) is 21.8. The molecule has 0 bridgehead atoms. The molecule has 0 aromatic carbocycles. The number of carbonyl (C=O) groups is 1. The first-order chi connectivity index (χ1) is 7.20. The van der Waals surface area contributed by atoms with Crippen LogP contribution in [0.5, 0.6) is 0 Å². The molecule has 6 nitrogen and oxygen atoms in total. The van der Waals surface area contributed by atoms with E-state index in [0.29, 0.717) is 5.69 Å². The topological polar surface area (TPSA) is 84.6 Å². The van der Waals surface area contributed by atoms with Crippen LogP contribution in [0.25, 0.3) is 0 Å². The number of rotatable bonds is 1. The lowest BCUT2D eigenvalue weighted by Gasteiger charge is -2.18. The lowest BCUT2D eigenvalue weighted by molar-refractivity contribution is 0.0514. The average molecular weight is 226 g/mol. The zero-order chi connectivity index (χ0) is 12.5. The van der Waals surface area contributed by atoms with Gasteiger partial charge in [0.2, 0.25) is 0 Å². The minimum atomic E-state index is -1.64. The second kappa shape index (κ2) is 4.27. The van der Waals surface area contributed by atoms with Crippen LogP contribution >= 0.6 is 0 Å². The molecule has 16 heavy (non-hydrogen) atoms. The second-order valence-electron chi connectivity index (χ2n) is 4.47. The number of aromatic nitrogens is 2. The van der Waals surface area contributed by atoms with Gasteiger partial charge in [0.15, 0.2) is 0 Å². The molecule has 0 unspecified atom stereocenters. The standard InChI is InChI=1S/C9H15BN2O4/c1-6-7(10(14)15)5-12(11-6)8(13)16-9(2,3)4/h5,14-15H,1-4H3. The van der Waals surface area contributed by atoms with Crippen LogP contribution in [0, 0.1) is 6.92 Å². The van der Waals surface area contributed by atoms with E-state index in [9.17, 15) is 4.79 Å². The first-order valence-electron chi connectivity index (χ1n) is 4.86. The third-order valence-corrected chi connectivity index (χ3v) is 1.80. The monoisotopic (exact) mass is 226 g/mol. The van der Waals surface area contributed by atoms with Crippen LogP contribution in [0.2, 0.25) is 0 Å². The number of ether oxygens (including phenoxy) is 1. The molecule has 0 spiro atoms. The zero-order valence-corrected chi connectivity index (χ0v) is 9.76. The third-order valence-electron chi connectivity index (χ3n) is 1.80. The van der Waals surface area contributed by atoms with Crippen molar-refractivity contribution in [1.82, 2.24) is 9.78 Å². The fourth-order valence-corrected chi connectivity index (χ4v) is 1.13. The maximum absolute atomic E-state index is 11.6. The van der Waals surface area contributed by atoms with E-state index in [0.717, 1.165) is 4.68 Å². The van der Waals surface area contributed by atoms with Gasteiger partial charge < -0.3 is 14.8 Å². The fourth-order valence-electron chi connectivity index (χ4n) is 1.13. The van der Waals surface area contributed by atoms with E-state index in [-0.39, 0.29) is 5.46 Å². The Kier molecular flexibility index (Phi) is 3.40. The van der Waals surface area contributed by atoms with E-state index in [1.165, 1.54) is 6.20 Å². The Hall–Kier alpha value is -1.34. The molecule has 0 aliphatic heterocycles. The van der Waals surface area contributed by atoms with Crippen LogP contribution in [-0.2, 0) is 4.74 Å². The molecule has 1 rings (SSSR count). The van der Waals surface area contributed by atoms with E-state index in [2.05, 4.69) is 5.10 Å². The third kappa shape index (κ3) is 3.08. The van der Waals surface area contributed by atoms with Gasteiger partial charge in [-0.05, 0) is 27.7 Å². The van der Waals surface area contributed by atoms with Gasteiger partial charge in [0.05, 0.1) is 5.69 Å². The van der Waals surface area contributed by atoms with Gasteiger partial charge in [-0.2, -0.15) is 9.78 Å². The Morgan fingerprint density at radius 1 is 1.50 bits per heavy atom. The van der Waals surface area contributed by atoms with Crippen molar-refractivity contribution in [3.05, 3.63) is 11.9 Å². The molecule has 0 atom stereocenters. The van der Waals surface area contributed by atoms with Crippen LogP contribution in [0.3, 0.4) is 0 Å². The quantitative estimate of drug-likeness (QED) is 0.639. The molecule has 0 fully saturated rings. The number of carbonyl (C=O) groups excluding carboxylic acids is 1. The Labute approximate surface area is 94.0 Å². The average Bonchev–Trinajstić information content (AvgIpc) is 2.44. The molecule has 0 amide bonds.